The molecule has 0 aliphatic heterocycles. The predicted octanol–water partition coefficient (Wildman–Crippen LogP) is 4.78. The highest BCUT2D eigenvalue weighted by molar-refractivity contribution is 9.10. The maximum absolute atomic E-state index is 5.61. The molecule has 0 fully saturated rings. The van der Waals surface area contributed by atoms with Crippen LogP contribution in [0.25, 0.3) is 0 Å². The van der Waals surface area contributed by atoms with Crippen molar-refractivity contribution in [3.8, 4) is 5.75 Å². The van der Waals surface area contributed by atoms with Crippen LogP contribution in [0.1, 0.15) is 25.7 Å². The minimum Gasteiger partial charge on any atom is -0.494 e. The first-order chi connectivity index (χ1) is 7.33. The molecular formula is C12H16Br2O. The van der Waals surface area contributed by atoms with E-state index >= 15 is 0 Å². The Labute approximate surface area is 108 Å². The van der Waals surface area contributed by atoms with Crippen LogP contribution in [0, 0.1) is 0 Å². The number of hydrogen-bond donors (Lipinski definition) is 0. The molecule has 84 valence electrons. The fourth-order valence-electron chi connectivity index (χ4n) is 1.27. The lowest BCUT2D eigenvalue weighted by Crippen LogP contribution is -1.96. The molecule has 0 saturated carbocycles. The number of hydrogen-bond acceptors (Lipinski definition) is 1. The van der Waals surface area contributed by atoms with Gasteiger partial charge in [-0.25, -0.2) is 0 Å². The van der Waals surface area contributed by atoms with Gasteiger partial charge in [0.15, 0.2) is 0 Å². The Morgan fingerprint density at radius 1 is 0.933 bits per heavy atom. The van der Waals surface area contributed by atoms with Crippen LogP contribution in [0.3, 0.4) is 0 Å². The Morgan fingerprint density at radius 3 is 2.27 bits per heavy atom. The van der Waals surface area contributed by atoms with Gasteiger partial charge in [-0.2, -0.15) is 0 Å². The highest BCUT2D eigenvalue weighted by Crippen LogP contribution is 2.16. The van der Waals surface area contributed by atoms with Gasteiger partial charge in [-0.3, -0.25) is 0 Å². The van der Waals surface area contributed by atoms with E-state index in [1.807, 2.05) is 24.3 Å². The molecule has 1 rings (SSSR count). The van der Waals surface area contributed by atoms with E-state index in [1.54, 1.807) is 0 Å². The normalized spacial score (nSPS) is 10.3. The summed E-state index contributed by atoms with van der Waals surface area (Å²) in [5, 5.41) is 1.11. The molecular weight excluding hydrogens is 320 g/mol. The van der Waals surface area contributed by atoms with Gasteiger partial charge < -0.3 is 4.74 Å². The fourth-order valence-corrected chi connectivity index (χ4v) is 1.93. The van der Waals surface area contributed by atoms with Crippen LogP contribution >= 0.6 is 31.9 Å². The fraction of sp³-hybridized carbons (Fsp3) is 0.500. The maximum atomic E-state index is 5.61. The SMILES string of the molecule is BrCCCCCCOc1ccc(Br)cc1. The average Bonchev–Trinajstić information content (AvgIpc) is 2.26. The topological polar surface area (TPSA) is 9.23 Å². The highest BCUT2D eigenvalue weighted by Gasteiger charge is 1.93. The van der Waals surface area contributed by atoms with Crippen molar-refractivity contribution in [2.24, 2.45) is 0 Å². The van der Waals surface area contributed by atoms with Gasteiger partial charge in [-0.05, 0) is 37.1 Å². The number of ether oxygens (including phenoxy) is 1. The number of alkyl halides is 1. The van der Waals surface area contributed by atoms with Crippen molar-refractivity contribution in [1.82, 2.24) is 0 Å². The highest BCUT2D eigenvalue weighted by atomic mass is 79.9. The lowest BCUT2D eigenvalue weighted by atomic mass is 10.2. The zero-order chi connectivity index (χ0) is 10.9. The van der Waals surface area contributed by atoms with E-state index in [2.05, 4.69) is 31.9 Å². The first-order valence-corrected chi connectivity index (χ1v) is 7.18. The van der Waals surface area contributed by atoms with Crippen molar-refractivity contribution in [1.29, 1.82) is 0 Å². The third-order valence-electron chi connectivity index (χ3n) is 2.11. The van der Waals surface area contributed by atoms with Crippen molar-refractivity contribution >= 4 is 31.9 Å². The summed E-state index contributed by atoms with van der Waals surface area (Å²) >= 11 is 6.82. The van der Waals surface area contributed by atoms with E-state index in [4.69, 9.17) is 4.74 Å². The number of rotatable bonds is 7. The third kappa shape index (κ3) is 6.21. The molecule has 0 unspecified atom stereocenters. The molecule has 0 aliphatic carbocycles. The van der Waals surface area contributed by atoms with E-state index in [0.29, 0.717) is 0 Å². The van der Waals surface area contributed by atoms with Gasteiger partial charge in [0.1, 0.15) is 5.75 Å². The molecule has 1 nitrogen and oxygen atoms in total. The Kier molecular flexibility index (Phi) is 7.11. The van der Waals surface area contributed by atoms with E-state index in [1.165, 1.54) is 19.3 Å². The second kappa shape index (κ2) is 8.17. The molecule has 3 heteroatoms. The minimum atomic E-state index is 0.823. The first kappa shape index (κ1) is 13.0. The molecule has 0 saturated heterocycles. The zero-order valence-electron chi connectivity index (χ0n) is 8.72. The summed E-state index contributed by atoms with van der Waals surface area (Å²) in [7, 11) is 0. The quantitative estimate of drug-likeness (QED) is 0.514. The Balaban J connectivity index is 2.07. The van der Waals surface area contributed by atoms with Gasteiger partial charge in [0.25, 0.3) is 0 Å². The second-order valence-corrected chi connectivity index (χ2v) is 5.11. The van der Waals surface area contributed by atoms with Crippen LogP contribution in [-0.2, 0) is 0 Å². The van der Waals surface area contributed by atoms with Crippen molar-refractivity contribution < 1.29 is 4.74 Å². The Bertz CT molecular complexity index is 259. The summed E-state index contributed by atoms with van der Waals surface area (Å²) in [5.74, 6) is 0.957. The largest absolute Gasteiger partial charge is 0.494 e. The molecule has 0 N–H and O–H groups in total. The van der Waals surface area contributed by atoms with Crippen molar-refractivity contribution in [3.05, 3.63) is 28.7 Å². The van der Waals surface area contributed by atoms with E-state index in [-0.39, 0.29) is 0 Å². The van der Waals surface area contributed by atoms with E-state index < -0.39 is 0 Å². The summed E-state index contributed by atoms with van der Waals surface area (Å²) in [6.45, 7) is 0.823. The standard InChI is InChI=1S/C12H16Br2O/c13-9-3-1-2-4-10-15-12-7-5-11(14)6-8-12/h5-8H,1-4,9-10H2. The Morgan fingerprint density at radius 2 is 1.60 bits per heavy atom. The van der Waals surface area contributed by atoms with Crippen LogP contribution in [0.2, 0.25) is 0 Å². The summed E-state index contributed by atoms with van der Waals surface area (Å²) < 4.78 is 6.70. The predicted molar refractivity (Wildman–Crippen MR) is 71.9 cm³/mol. The van der Waals surface area contributed by atoms with Gasteiger partial charge in [0, 0.05) is 9.80 Å². The lowest BCUT2D eigenvalue weighted by molar-refractivity contribution is 0.305. The third-order valence-corrected chi connectivity index (χ3v) is 3.20. The number of benzene rings is 1. The van der Waals surface area contributed by atoms with Crippen LogP contribution in [0.15, 0.2) is 28.7 Å². The molecule has 0 spiro atoms. The monoisotopic (exact) mass is 334 g/mol. The molecule has 1 aromatic rings. The molecule has 0 bridgehead atoms. The van der Waals surface area contributed by atoms with Gasteiger partial charge in [0.2, 0.25) is 0 Å². The average molecular weight is 336 g/mol. The van der Waals surface area contributed by atoms with E-state index in [9.17, 15) is 0 Å². The van der Waals surface area contributed by atoms with Crippen LogP contribution in [0.4, 0.5) is 0 Å². The molecule has 15 heavy (non-hydrogen) atoms. The Hall–Kier alpha value is -0.0200. The molecule has 0 atom stereocenters. The molecule has 1 aromatic carbocycles. The minimum absolute atomic E-state index is 0.823. The van der Waals surface area contributed by atoms with Gasteiger partial charge in [-0.15, -0.1) is 0 Å². The first-order valence-electron chi connectivity index (χ1n) is 5.27. The number of unbranched alkanes of at least 4 members (excludes halogenated alkanes) is 3. The molecule has 0 heterocycles. The van der Waals surface area contributed by atoms with Gasteiger partial charge >= 0.3 is 0 Å². The maximum Gasteiger partial charge on any atom is 0.119 e. The van der Waals surface area contributed by atoms with Crippen molar-refractivity contribution in [3.63, 3.8) is 0 Å². The van der Waals surface area contributed by atoms with Gasteiger partial charge in [-0.1, -0.05) is 44.7 Å². The molecule has 0 radical (unpaired) electrons. The van der Waals surface area contributed by atoms with Crippen molar-refractivity contribution in [2.45, 2.75) is 25.7 Å². The molecule has 0 amide bonds. The molecule has 0 aliphatic rings. The number of halogens is 2. The summed E-state index contributed by atoms with van der Waals surface area (Å²) in [6, 6.07) is 7.98. The van der Waals surface area contributed by atoms with Gasteiger partial charge in [0.05, 0.1) is 6.61 Å². The van der Waals surface area contributed by atoms with Crippen LogP contribution in [-0.4, -0.2) is 11.9 Å². The van der Waals surface area contributed by atoms with Crippen LogP contribution < -0.4 is 4.74 Å². The summed E-state index contributed by atoms with van der Waals surface area (Å²) in [4.78, 5) is 0. The molecule has 0 aromatic heterocycles. The van der Waals surface area contributed by atoms with Crippen molar-refractivity contribution in [2.75, 3.05) is 11.9 Å². The summed E-state index contributed by atoms with van der Waals surface area (Å²) in [5.41, 5.74) is 0. The van der Waals surface area contributed by atoms with E-state index in [0.717, 1.165) is 28.6 Å². The van der Waals surface area contributed by atoms with Crippen LogP contribution in [0.5, 0.6) is 5.75 Å². The second-order valence-electron chi connectivity index (χ2n) is 3.41. The smallest absolute Gasteiger partial charge is 0.119 e. The lowest BCUT2D eigenvalue weighted by Gasteiger charge is -2.05. The zero-order valence-corrected chi connectivity index (χ0v) is 11.9. The summed E-state index contributed by atoms with van der Waals surface area (Å²) in [6.07, 6.45) is 4.94.